The molecular weight excluding hydrogens is 250 g/mol. The number of nitrogens with zero attached hydrogens (tertiary/aromatic N) is 3. The summed E-state index contributed by atoms with van der Waals surface area (Å²) in [6, 6.07) is 0.508. The highest BCUT2D eigenvalue weighted by atomic mass is 35.5. The Bertz CT molecular complexity index is 413. The van der Waals surface area contributed by atoms with Crippen LogP contribution in [0.25, 0.3) is 0 Å². The van der Waals surface area contributed by atoms with Gasteiger partial charge in [-0.1, -0.05) is 31.4 Å². The van der Waals surface area contributed by atoms with Crippen LogP contribution < -0.4 is 9.64 Å². The van der Waals surface area contributed by atoms with Gasteiger partial charge in [-0.2, -0.15) is 0 Å². The third kappa shape index (κ3) is 2.69. The average Bonchev–Trinajstić information content (AvgIpc) is 2.37. The molecule has 0 amide bonds. The molecule has 0 radical (unpaired) electrons. The van der Waals surface area contributed by atoms with Crippen LogP contribution in [-0.4, -0.2) is 30.2 Å². The first-order valence-electron chi connectivity index (χ1n) is 6.40. The molecule has 0 N–H and O–H groups in total. The standard InChI is InChI=1S/C13H20ClN3O/c1-9-5-4-6-10(7-9)17(2)13-11(18-3)12(14)15-8-16-13/h8-10H,4-7H2,1-3H3. The van der Waals surface area contributed by atoms with Crippen molar-refractivity contribution in [3.63, 3.8) is 0 Å². The summed E-state index contributed by atoms with van der Waals surface area (Å²) in [4.78, 5) is 10.5. The highest BCUT2D eigenvalue weighted by Crippen LogP contribution is 2.35. The summed E-state index contributed by atoms with van der Waals surface area (Å²) in [5, 5.41) is 0.373. The molecule has 1 heterocycles. The maximum Gasteiger partial charge on any atom is 0.199 e. The molecule has 0 spiro atoms. The normalized spacial score (nSPS) is 23.8. The minimum atomic E-state index is 0.373. The second-order valence-electron chi connectivity index (χ2n) is 5.06. The van der Waals surface area contributed by atoms with E-state index in [0.29, 0.717) is 16.9 Å². The van der Waals surface area contributed by atoms with E-state index in [0.717, 1.165) is 11.7 Å². The lowest BCUT2D eigenvalue weighted by Crippen LogP contribution is -2.36. The van der Waals surface area contributed by atoms with Crippen LogP contribution in [0.2, 0.25) is 5.15 Å². The third-order valence-corrected chi connectivity index (χ3v) is 4.01. The fraction of sp³-hybridized carbons (Fsp3) is 0.692. The van der Waals surface area contributed by atoms with Crippen molar-refractivity contribution in [2.75, 3.05) is 19.1 Å². The van der Waals surface area contributed by atoms with Crippen LogP contribution in [0.3, 0.4) is 0 Å². The van der Waals surface area contributed by atoms with Gasteiger partial charge in [0.2, 0.25) is 0 Å². The number of ether oxygens (including phenoxy) is 1. The van der Waals surface area contributed by atoms with Gasteiger partial charge in [-0.3, -0.25) is 0 Å². The molecule has 1 aromatic rings. The van der Waals surface area contributed by atoms with Gasteiger partial charge in [0.05, 0.1) is 7.11 Å². The molecule has 1 aliphatic carbocycles. The van der Waals surface area contributed by atoms with Crippen molar-refractivity contribution in [2.45, 2.75) is 38.6 Å². The number of aromatic nitrogens is 2. The summed E-state index contributed by atoms with van der Waals surface area (Å²) in [7, 11) is 3.66. The van der Waals surface area contributed by atoms with E-state index in [4.69, 9.17) is 16.3 Å². The predicted molar refractivity (Wildman–Crippen MR) is 73.4 cm³/mol. The minimum Gasteiger partial charge on any atom is -0.490 e. The van der Waals surface area contributed by atoms with Gasteiger partial charge in [0.15, 0.2) is 16.7 Å². The minimum absolute atomic E-state index is 0.373. The molecule has 2 atom stereocenters. The molecule has 1 aromatic heterocycles. The van der Waals surface area contributed by atoms with Crippen molar-refractivity contribution in [3.05, 3.63) is 11.5 Å². The summed E-state index contributed by atoms with van der Waals surface area (Å²) < 4.78 is 5.32. The van der Waals surface area contributed by atoms with Gasteiger partial charge in [0.1, 0.15) is 6.33 Å². The fourth-order valence-electron chi connectivity index (χ4n) is 2.70. The van der Waals surface area contributed by atoms with Crippen LogP contribution in [0, 0.1) is 5.92 Å². The van der Waals surface area contributed by atoms with Crippen molar-refractivity contribution in [1.29, 1.82) is 0 Å². The molecule has 1 aliphatic rings. The Morgan fingerprint density at radius 3 is 2.83 bits per heavy atom. The SMILES string of the molecule is COc1c(Cl)ncnc1N(C)C1CCCC(C)C1. The van der Waals surface area contributed by atoms with E-state index in [-0.39, 0.29) is 0 Å². The van der Waals surface area contributed by atoms with Crippen molar-refractivity contribution in [3.8, 4) is 5.75 Å². The molecule has 0 saturated heterocycles. The molecule has 0 bridgehead atoms. The zero-order valence-electron chi connectivity index (χ0n) is 11.2. The Hall–Kier alpha value is -1.03. The summed E-state index contributed by atoms with van der Waals surface area (Å²) in [5.41, 5.74) is 0. The second kappa shape index (κ2) is 5.74. The quantitative estimate of drug-likeness (QED) is 0.790. The van der Waals surface area contributed by atoms with Gasteiger partial charge in [-0.05, 0) is 18.8 Å². The van der Waals surface area contributed by atoms with E-state index in [1.54, 1.807) is 7.11 Å². The van der Waals surface area contributed by atoms with Gasteiger partial charge in [-0.25, -0.2) is 9.97 Å². The number of methoxy groups -OCH3 is 1. The van der Waals surface area contributed by atoms with Crippen molar-refractivity contribution < 1.29 is 4.74 Å². The molecule has 18 heavy (non-hydrogen) atoms. The third-order valence-electron chi connectivity index (χ3n) is 3.74. The lowest BCUT2D eigenvalue weighted by Gasteiger charge is -2.35. The van der Waals surface area contributed by atoms with Crippen LogP contribution in [0.1, 0.15) is 32.6 Å². The molecule has 4 nitrogen and oxygen atoms in total. The smallest absolute Gasteiger partial charge is 0.199 e. The van der Waals surface area contributed by atoms with E-state index in [9.17, 15) is 0 Å². The van der Waals surface area contributed by atoms with E-state index in [1.165, 1.54) is 32.0 Å². The van der Waals surface area contributed by atoms with Crippen LogP contribution in [0.5, 0.6) is 5.75 Å². The maximum absolute atomic E-state index is 6.04. The summed E-state index contributed by atoms with van der Waals surface area (Å²) in [6.07, 6.45) is 6.49. The topological polar surface area (TPSA) is 38.3 Å². The maximum atomic E-state index is 6.04. The number of halogens is 1. The number of hydrogen-bond acceptors (Lipinski definition) is 4. The molecule has 100 valence electrons. The first kappa shape index (κ1) is 13.4. The van der Waals surface area contributed by atoms with E-state index in [1.807, 2.05) is 0 Å². The van der Waals surface area contributed by atoms with Crippen LogP contribution in [0.15, 0.2) is 6.33 Å². The lowest BCUT2D eigenvalue weighted by atomic mass is 9.86. The highest BCUT2D eigenvalue weighted by molar-refractivity contribution is 6.31. The first-order valence-corrected chi connectivity index (χ1v) is 6.78. The molecular formula is C13H20ClN3O. The molecule has 2 unspecified atom stereocenters. The monoisotopic (exact) mass is 269 g/mol. The van der Waals surface area contributed by atoms with Gasteiger partial charge in [0, 0.05) is 13.1 Å². The summed E-state index contributed by atoms with van der Waals surface area (Å²) in [6.45, 7) is 2.31. The Morgan fingerprint density at radius 2 is 2.17 bits per heavy atom. The molecule has 2 rings (SSSR count). The Balaban J connectivity index is 2.22. The second-order valence-corrected chi connectivity index (χ2v) is 5.42. The molecule has 0 aliphatic heterocycles. The Kier molecular flexibility index (Phi) is 4.27. The number of anilines is 1. The largest absolute Gasteiger partial charge is 0.490 e. The van der Waals surface area contributed by atoms with Crippen molar-refractivity contribution in [2.24, 2.45) is 5.92 Å². The average molecular weight is 270 g/mol. The lowest BCUT2D eigenvalue weighted by molar-refractivity contribution is 0.332. The van der Waals surface area contributed by atoms with Crippen LogP contribution in [0.4, 0.5) is 5.82 Å². The summed E-state index contributed by atoms with van der Waals surface area (Å²) in [5.74, 6) is 2.13. The Labute approximate surface area is 113 Å². The van der Waals surface area contributed by atoms with Gasteiger partial charge in [-0.15, -0.1) is 0 Å². The molecule has 1 fully saturated rings. The molecule has 5 heteroatoms. The predicted octanol–water partition coefficient (Wildman–Crippen LogP) is 3.15. The van der Waals surface area contributed by atoms with Crippen LogP contribution >= 0.6 is 11.6 Å². The van der Waals surface area contributed by atoms with Gasteiger partial charge < -0.3 is 9.64 Å². The number of hydrogen-bond donors (Lipinski definition) is 0. The van der Waals surface area contributed by atoms with Crippen molar-refractivity contribution in [1.82, 2.24) is 9.97 Å². The van der Waals surface area contributed by atoms with Gasteiger partial charge >= 0.3 is 0 Å². The highest BCUT2D eigenvalue weighted by Gasteiger charge is 2.25. The zero-order valence-corrected chi connectivity index (χ0v) is 11.9. The van der Waals surface area contributed by atoms with Crippen molar-refractivity contribution >= 4 is 17.4 Å². The first-order chi connectivity index (χ1) is 8.63. The fourth-order valence-corrected chi connectivity index (χ4v) is 2.90. The summed E-state index contributed by atoms with van der Waals surface area (Å²) >= 11 is 6.04. The number of rotatable bonds is 3. The zero-order chi connectivity index (χ0) is 13.1. The van der Waals surface area contributed by atoms with E-state index in [2.05, 4.69) is 28.8 Å². The Morgan fingerprint density at radius 1 is 1.39 bits per heavy atom. The molecule has 1 saturated carbocycles. The van der Waals surface area contributed by atoms with Gasteiger partial charge in [0.25, 0.3) is 0 Å². The van der Waals surface area contributed by atoms with Crippen LogP contribution in [-0.2, 0) is 0 Å². The van der Waals surface area contributed by atoms with E-state index < -0.39 is 0 Å². The molecule has 0 aromatic carbocycles. The van der Waals surface area contributed by atoms with E-state index >= 15 is 0 Å².